The molecule has 0 atom stereocenters. The molecule has 8 heteroatoms. The zero-order chi connectivity index (χ0) is 19.3. The fourth-order valence-corrected chi connectivity index (χ4v) is 3.01. The summed E-state index contributed by atoms with van der Waals surface area (Å²) in [4.78, 5) is 12.1. The van der Waals surface area contributed by atoms with E-state index in [2.05, 4.69) is 10.0 Å². The van der Waals surface area contributed by atoms with Gasteiger partial charge in [-0.25, -0.2) is 5.14 Å². The summed E-state index contributed by atoms with van der Waals surface area (Å²) in [6, 6.07) is 19.7. The van der Waals surface area contributed by atoms with Crippen LogP contribution in [-0.4, -0.2) is 14.3 Å². The molecule has 1 amide bonds. The van der Waals surface area contributed by atoms with Crippen molar-refractivity contribution < 1.29 is 17.6 Å². The van der Waals surface area contributed by atoms with E-state index in [0.29, 0.717) is 17.9 Å². The van der Waals surface area contributed by atoms with Gasteiger partial charge in [-0.1, -0.05) is 36.4 Å². The molecule has 4 N–H and O–H groups in total. The van der Waals surface area contributed by atoms with E-state index in [1.807, 2.05) is 42.5 Å². The van der Waals surface area contributed by atoms with Gasteiger partial charge in [0, 0.05) is 24.1 Å². The smallest absolute Gasteiger partial charge is 0.296 e. The van der Waals surface area contributed by atoms with E-state index in [9.17, 15) is 13.2 Å². The van der Waals surface area contributed by atoms with Crippen LogP contribution in [0.15, 0.2) is 71.1 Å². The van der Waals surface area contributed by atoms with Gasteiger partial charge >= 0.3 is 0 Å². The third-order valence-corrected chi connectivity index (χ3v) is 4.25. The van der Waals surface area contributed by atoms with Crippen LogP contribution in [0, 0.1) is 0 Å². The number of carbonyl (C=O) groups is 1. The zero-order valence-corrected chi connectivity index (χ0v) is 15.2. The highest BCUT2D eigenvalue weighted by Gasteiger charge is 2.09. The summed E-state index contributed by atoms with van der Waals surface area (Å²) < 4.78 is 30.1. The number of anilines is 2. The van der Waals surface area contributed by atoms with Crippen LogP contribution < -0.4 is 15.2 Å². The predicted molar refractivity (Wildman–Crippen MR) is 104 cm³/mol. The Bertz CT molecular complexity index is 1030. The maximum Gasteiger partial charge on any atom is 0.296 e. The molecule has 0 aliphatic carbocycles. The summed E-state index contributed by atoms with van der Waals surface area (Å²) in [7, 11) is -3.86. The van der Waals surface area contributed by atoms with Crippen molar-refractivity contribution in [1.82, 2.24) is 0 Å². The molecule has 1 heterocycles. The molecule has 0 bridgehead atoms. The largest absolute Gasteiger partial charge is 0.461 e. The second-order valence-electron chi connectivity index (χ2n) is 5.91. The Morgan fingerprint density at radius 3 is 2.44 bits per heavy atom. The molecule has 3 rings (SSSR count). The van der Waals surface area contributed by atoms with E-state index in [4.69, 9.17) is 9.56 Å². The second-order valence-corrected chi connectivity index (χ2v) is 7.20. The number of aryl methyl sites for hydroxylation is 1. The molecule has 0 fully saturated rings. The normalized spacial score (nSPS) is 11.1. The van der Waals surface area contributed by atoms with Crippen molar-refractivity contribution in [2.75, 3.05) is 10.0 Å². The van der Waals surface area contributed by atoms with Crippen LogP contribution in [0.2, 0.25) is 0 Å². The standard InChI is InChI=1S/C19H19N3O4S/c20-27(24,25)22-16-8-4-7-15(13-16)21-19(23)12-10-17-9-11-18(26-17)14-5-2-1-3-6-14/h1-9,11,13,22H,10,12H2,(H,21,23)(H2,20,24,25). The molecule has 27 heavy (non-hydrogen) atoms. The Morgan fingerprint density at radius 2 is 1.70 bits per heavy atom. The lowest BCUT2D eigenvalue weighted by molar-refractivity contribution is -0.116. The maximum absolute atomic E-state index is 12.1. The molecule has 0 saturated carbocycles. The van der Waals surface area contributed by atoms with Gasteiger partial charge in [0.25, 0.3) is 10.2 Å². The first-order valence-corrected chi connectivity index (χ1v) is 9.78. The number of carbonyl (C=O) groups excluding carboxylic acids is 1. The summed E-state index contributed by atoms with van der Waals surface area (Å²) >= 11 is 0. The third kappa shape index (κ3) is 5.70. The average Bonchev–Trinajstić information content (AvgIpc) is 3.09. The fourth-order valence-electron chi connectivity index (χ4n) is 2.55. The molecule has 2 aromatic carbocycles. The summed E-state index contributed by atoms with van der Waals surface area (Å²) in [6.07, 6.45) is 0.683. The van der Waals surface area contributed by atoms with Gasteiger partial charge in [0.1, 0.15) is 11.5 Å². The summed E-state index contributed by atoms with van der Waals surface area (Å²) in [5.41, 5.74) is 1.72. The van der Waals surface area contributed by atoms with Crippen molar-refractivity contribution in [3.63, 3.8) is 0 Å². The molecule has 140 valence electrons. The molecule has 1 aromatic heterocycles. The van der Waals surface area contributed by atoms with E-state index in [-0.39, 0.29) is 18.0 Å². The lowest BCUT2D eigenvalue weighted by Crippen LogP contribution is -2.21. The van der Waals surface area contributed by atoms with Gasteiger partial charge < -0.3 is 9.73 Å². The predicted octanol–water partition coefficient (Wildman–Crippen LogP) is 3.13. The van der Waals surface area contributed by atoms with Crippen LogP contribution in [0.4, 0.5) is 11.4 Å². The topological polar surface area (TPSA) is 114 Å². The van der Waals surface area contributed by atoms with Crippen molar-refractivity contribution in [1.29, 1.82) is 0 Å². The molecule has 7 nitrogen and oxygen atoms in total. The SMILES string of the molecule is NS(=O)(=O)Nc1cccc(NC(=O)CCc2ccc(-c3ccccc3)o2)c1. The van der Waals surface area contributed by atoms with E-state index >= 15 is 0 Å². The second kappa shape index (κ2) is 8.07. The third-order valence-electron chi connectivity index (χ3n) is 3.72. The van der Waals surface area contributed by atoms with E-state index in [1.165, 1.54) is 12.1 Å². The Balaban J connectivity index is 1.56. The van der Waals surface area contributed by atoms with Gasteiger partial charge in [-0.3, -0.25) is 9.52 Å². The van der Waals surface area contributed by atoms with Gasteiger partial charge in [0.15, 0.2) is 0 Å². The minimum Gasteiger partial charge on any atom is -0.461 e. The van der Waals surface area contributed by atoms with Crippen molar-refractivity contribution in [2.45, 2.75) is 12.8 Å². The Hall–Kier alpha value is -3.10. The number of nitrogens with two attached hydrogens (primary N) is 1. The summed E-state index contributed by atoms with van der Waals surface area (Å²) in [6.45, 7) is 0. The molecule has 0 saturated heterocycles. The van der Waals surface area contributed by atoms with Gasteiger partial charge in [0.2, 0.25) is 5.91 Å². The van der Waals surface area contributed by atoms with Crippen LogP contribution in [0.25, 0.3) is 11.3 Å². The molecule has 0 aliphatic rings. The molecule has 0 radical (unpaired) electrons. The number of amides is 1. The van der Waals surface area contributed by atoms with E-state index in [1.54, 1.807) is 12.1 Å². The van der Waals surface area contributed by atoms with Crippen molar-refractivity contribution in [3.05, 3.63) is 72.5 Å². The highest BCUT2D eigenvalue weighted by Crippen LogP contribution is 2.22. The molecule has 3 aromatic rings. The summed E-state index contributed by atoms with van der Waals surface area (Å²) in [5.74, 6) is 1.27. The molecule has 0 aliphatic heterocycles. The van der Waals surface area contributed by atoms with Crippen molar-refractivity contribution in [2.24, 2.45) is 5.14 Å². The maximum atomic E-state index is 12.1. The minimum absolute atomic E-state index is 0.208. The van der Waals surface area contributed by atoms with Crippen LogP contribution in [-0.2, 0) is 21.4 Å². The fraction of sp³-hybridized carbons (Fsp3) is 0.105. The van der Waals surface area contributed by atoms with E-state index < -0.39 is 10.2 Å². The monoisotopic (exact) mass is 385 g/mol. The molecule has 0 unspecified atom stereocenters. The van der Waals surface area contributed by atoms with Gasteiger partial charge in [0.05, 0.1) is 5.69 Å². The molecule has 0 spiro atoms. The minimum atomic E-state index is -3.86. The first-order chi connectivity index (χ1) is 12.9. The molecular weight excluding hydrogens is 366 g/mol. The highest BCUT2D eigenvalue weighted by atomic mass is 32.2. The molecular formula is C19H19N3O4S. The van der Waals surface area contributed by atoms with Crippen LogP contribution >= 0.6 is 0 Å². The quantitative estimate of drug-likeness (QED) is 0.579. The van der Waals surface area contributed by atoms with Gasteiger partial charge in [-0.2, -0.15) is 8.42 Å². The number of hydrogen-bond acceptors (Lipinski definition) is 4. The zero-order valence-electron chi connectivity index (χ0n) is 14.4. The number of nitrogens with one attached hydrogen (secondary N) is 2. The van der Waals surface area contributed by atoms with Crippen LogP contribution in [0.1, 0.15) is 12.2 Å². The van der Waals surface area contributed by atoms with Crippen molar-refractivity contribution in [3.8, 4) is 11.3 Å². The number of hydrogen-bond donors (Lipinski definition) is 3. The Kier molecular flexibility index (Phi) is 5.58. The van der Waals surface area contributed by atoms with Crippen LogP contribution in [0.3, 0.4) is 0 Å². The Labute approximate surface area is 157 Å². The Morgan fingerprint density at radius 1 is 0.963 bits per heavy atom. The van der Waals surface area contributed by atoms with Crippen molar-refractivity contribution >= 4 is 27.5 Å². The van der Waals surface area contributed by atoms with Gasteiger partial charge in [-0.15, -0.1) is 0 Å². The van der Waals surface area contributed by atoms with Crippen LogP contribution in [0.5, 0.6) is 0 Å². The lowest BCUT2D eigenvalue weighted by atomic mass is 10.2. The van der Waals surface area contributed by atoms with Gasteiger partial charge in [-0.05, 0) is 30.3 Å². The lowest BCUT2D eigenvalue weighted by Gasteiger charge is -2.08. The average molecular weight is 385 g/mol. The first-order valence-electron chi connectivity index (χ1n) is 8.24. The first kappa shape index (κ1) is 18.7. The number of benzene rings is 2. The number of rotatable bonds is 7. The number of furan rings is 1. The highest BCUT2D eigenvalue weighted by molar-refractivity contribution is 7.90. The summed E-state index contributed by atoms with van der Waals surface area (Å²) in [5, 5.41) is 7.66. The van der Waals surface area contributed by atoms with E-state index in [0.717, 1.165) is 11.3 Å².